The van der Waals surface area contributed by atoms with Crippen molar-refractivity contribution in [2.24, 2.45) is 5.92 Å². The van der Waals surface area contributed by atoms with Crippen molar-refractivity contribution in [2.45, 2.75) is 82.6 Å². The summed E-state index contributed by atoms with van der Waals surface area (Å²) in [5.74, 6) is 0.184. The van der Waals surface area contributed by atoms with Gasteiger partial charge in [-0.2, -0.15) is 0 Å². The molecule has 2 aliphatic carbocycles. The van der Waals surface area contributed by atoms with E-state index in [0.717, 1.165) is 12.8 Å². The van der Waals surface area contributed by atoms with E-state index in [1.54, 1.807) is 0 Å². The second kappa shape index (κ2) is 7.07. The molecule has 130 valence electrons. The highest BCUT2D eigenvalue weighted by Crippen LogP contribution is 2.32. The van der Waals surface area contributed by atoms with E-state index in [4.69, 9.17) is 4.74 Å². The van der Waals surface area contributed by atoms with E-state index in [1.165, 1.54) is 26.2 Å². The topological polar surface area (TPSA) is 78.9 Å². The SMILES string of the molecule is CC(=O)OC(CCN1C(=O)N[C@H]2C[C@@H](O)C[C@H]21)C1CCCCC1. The molecule has 0 aromatic heterocycles. The van der Waals surface area contributed by atoms with E-state index in [-0.39, 0.29) is 36.3 Å². The van der Waals surface area contributed by atoms with Gasteiger partial charge in [-0.05, 0) is 31.6 Å². The van der Waals surface area contributed by atoms with Crippen molar-refractivity contribution in [3.8, 4) is 0 Å². The molecule has 3 fully saturated rings. The molecule has 0 bridgehead atoms. The molecule has 3 rings (SSSR count). The van der Waals surface area contributed by atoms with Gasteiger partial charge in [0.05, 0.1) is 18.2 Å². The molecule has 3 aliphatic rings. The number of fused-ring (bicyclic) bond motifs is 1. The number of rotatable bonds is 5. The molecule has 0 aromatic rings. The van der Waals surface area contributed by atoms with Crippen LogP contribution in [0.3, 0.4) is 0 Å². The van der Waals surface area contributed by atoms with Crippen LogP contribution in [-0.2, 0) is 9.53 Å². The third kappa shape index (κ3) is 3.79. The molecule has 2 amide bonds. The number of amides is 2. The Kier molecular flexibility index (Phi) is 5.09. The average molecular weight is 324 g/mol. The molecule has 0 aromatic carbocycles. The maximum absolute atomic E-state index is 12.1. The van der Waals surface area contributed by atoms with Crippen LogP contribution < -0.4 is 5.32 Å². The molecule has 0 radical (unpaired) electrons. The lowest BCUT2D eigenvalue weighted by atomic mass is 9.84. The fraction of sp³-hybridized carbons (Fsp3) is 0.882. The summed E-state index contributed by atoms with van der Waals surface area (Å²) in [6.45, 7) is 2.05. The zero-order chi connectivity index (χ0) is 16.4. The smallest absolute Gasteiger partial charge is 0.318 e. The van der Waals surface area contributed by atoms with Gasteiger partial charge in [0.15, 0.2) is 0 Å². The lowest BCUT2D eigenvalue weighted by molar-refractivity contribution is -0.150. The Morgan fingerprint density at radius 3 is 2.78 bits per heavy atom. The molecular formula is C17H28N2O4. The van der Waals surface area contributed by atoms with E-state index in [9.17, 15) is 14.7 Å². The first kappa shape index (κ1) is 16.6. The Balaban J connectivity index is 1.59. The summed E-state index contributed by atoms with van der Waals surface area (Å²) in [5, 5.41) is 12.8. The number of aliphatic hydroxyl groups is 1. The predicted octanol–water partition coefficient (Wildman–Crippen LogP) is 1.81. The summed E-state index contributed by atoms with van der Waals surface area (Å²) in [6, 6.07) is 0.110. The fourth-order valence-electron chi connectivity index (χ4n) is 4.52. The summed E-state index contributed by atoms with van der Waals surface area (Å²) in [7, 11) is 0. The van der Waals surface area contributed by atoms with Gasteiger partial charge in [-0.3, -0.25) is 4.79 Å². The van der Waals surface area contributed by atoms with Gasteiger partial charge >= 0.3 is 12.0 Å². The quantitative estimate of drug-likeness (QED) is 0.756. The molecular weight excluding hydrogens is 296 g/mol. The van der Waals surface area contributed by atoms with Crippen LogP contribution in [0.2, 0.25) is 0 Å². The number of hydrogen-bond acceptors (Lipinski definition) is 4. The normalized spacial score (nSPS) is 32.5. The minimum Gasteiger partial charge on any atom is -0.462 e. The zero-order valence-corrected chi connectivity index (χ0v) is 13.9. The Morgan fingerprint density at radius 2 is 2.09 bits per heavy atom. The van der Waals surface area contributed by atoms with Gasteiger partial charge in [-0.15, -0.1) is 0 Å². The number of esters is 1. The van der Waals surface area contributed by atoms with Crippen molar-refractivity contribution in [2.75, 3.05) is 6.54 Å². The van der Waals surface area contributed by atoms with E-state index in [0.29, 0.717) is 31.7 Å². The van der Waals surface area contributed by atoms with Crippen LogP contribution >= 0.6 is 0 Å². The molecule has 2 N–H and O–H groups in total. The monoisotopic (exact) mass is 324 g/mol. The standard InChI is InChI=1S/C17H28N2O4/c1-11(20)23-16(12-5-3-2-4-6-12)7-8-19-15-10-13(21)9-14(15)18-17(19)22/h12-16,21H,2-10H2,1H3,(H,18,22)/t13-,14+,15-,16?/m1/s1. The minimum absolute atomic E-state index is 0.0443. The Bertz CT molecular complexity index is 450. The molecule has 6 heteroatoms. The van der Waals surface area contributed by atoms with E-state index < -0.39 is 0 Å². The second-order valence-corrected chi connectivity index (χ2v) is 7.28. The zero-order valence-electron chi connectivity index (χ0n) is 13.9. The predicted molar refractivity (Wildman–Crippen MR) is 84.8 cm³/mol. The minimum atomic E-state index is -0.323. The van der Waals surface area contributed by atoms with Gasteiger partial charge in [-0.1, -0.05) is 19.3 Å². The number of nitrogens with one attached hydrogen (secondary N) is 1. The molecule has 1 aliphatic heterocycles. The molecule has 6 nitrogen and oxygen atoms in total. The van der Waals surface area contributed by atoms with Crippen LogP contribution in [0.4, 0.5) is 4.79 Å². The molecule has 0 spiro atoms. The number of carbonyl (C=O) groups excluding carboxylic acids is 2. The van der Waals surface area contributed by atoms with E-state index >= 15 is 0 Å². The summed E-state index contributed by atoms with van der Waals surface area (Å²) in [6.07, 6.45) is 7.43. The number of nitrogens with zero attached hydrogens (tertiary/aromatic N) is 1. The molecule has 23 heavy (non-hydrogen) atoms. The maximum Gasteiger partial charge on any atom is 0.318 e. The first-order valence-electron chi connectivity index (χ1n) is 8.97. The van der Waals surface area contributed by atoms with Crippen molar-refractivity contribution in [1.82, 2.24) is 10.2 Å². The molecule has 4 atom stereocenters. The maximum atomic E-state index is 12.1. The van der Waals surface area contributed by atoms with Gasteiger partial charge in [0.1, 0.15) is 6.10 Å². The third-order valence-corrected chi connectivity index (χ3v) is 5.62. The van der Waals surface area contributed by atoms with Crippen LogP contribution in [0.25, 0.3) is 0 Å². The second-order valence-electron chi connectivity index (χ2n) is 7.28. The van der Waals surface area contributed by atoms with Gasteiger partial charge in [0.2, 0.25) is 0 Å². The summed E-state index contributed by atoms with van der Waals surface area (Å²) in [5.41, 5.74) is 0. The fourth-order valence-corrected chi connectivity index (χ4v) is 4.52. The van der Waals surface area contributed by atoms with Crippen LogP contribution in [0.15, 0.2) is 0 Å². The van der Waals surface area contributed by atoms with Crippen LogP contribution in [0.5, 0.6) is 0 Å². The molecule has 1 saturated heterocycles. The van der Waals surface area contributed by atoms with Gasteiger partial charge in [0.25, 0.3) is 0 Å². The van der Waals surface area contributed by atoms with Crippen molar-refractivity contribution >= 4 is 12.0 Å². The summed E-state index contributed by atoms with van der Waals surface area (Å²) >= 11 is 0. The Morgan fingerprint density at radius 1 is 1.35 bits per heavy atom. The number of urea groups is 1. The van der Waals surface area contributed by atoms with Crippen LogP contribution in [-0.4, -0.2) is 52.8 Å². The average Bonchev–Trinajstić information content (AvgIpc) is 2.99. The highest BCUT2D eigenvalue weighted by Gasteiger charge is 2.45. The number of ether oxygens (including phenoxy) is 1. The van der Waals surface area contributed by atoms with E-state index in [2.05, 4.69) is 5.32 Å². The first-order valence-corrected chi connectivity index (χ1v) is 8.97. The lowest BCUT2D eigenvalue weighted by Crippen LogP contribution is -2.39. The van der Waals surface area contributed by atoms with Crippen molar-refractivity contribution in [3.05, 3.63) is 0 Å². The Hall–Kier alpha value is -1.30. The van der Waals surface area contributed by atoms with Crippen molar-refractivity contribution in [3.63, 3.8) is 0 Å². The highest BCUT2D eigenvalue weighted by molar-refractivity contribution is 5.78. The molecule has 1 unspecified atom stereocenters. The van der Waals surface area contributed by atoms with E-state index in [1.807, 2.05) is 4.90 Å². The number of carbonyl (C=O) groups is 2. The lowest BCUT2D eigenvalue weighted by Gasteiger charge is -2.31. The van der Waals surface area contributed by atoms with Crippen LogP contribution in [0.1, 0.15) is 58.3 Å². The summed E-state index contributed by atoms with van der Waals surface area (Å²) < 4.78 is 5.57. The Labute approximate surface area is 137 Å². The number of hydrogen-bond donors (Lipinski definition) is 2. The van der Waals surface area contributed by atoms with Gasteiger partial charge in [-0.25, -0.2) is 4.79 Å². The van der Waals surface area contributed by atoms with Crippen LogP contribution in [0, 0.1) is 5.92 Å². The first-order chi connectivity index (χ1) is 11.0. The number of aliphatic hydroxyl groups excluding tert-OH is 1. The van der Waals surface area contributed by atoms with Crippen molar-refractivity contribution in [1.29, 1.82) is 0 Å². The molecule has 2 saturated carbocycles. The van der Waals surface area contributed by atoms with Gasteiger partial charge in [0, 0.05) is 19.9 Å². The summed E-state index contributed by atoms with van der Waals surface area (Å²) in [4.78, 5) is 25.4. The highest BCUT2D eigenvalue weighted by atomic mass is 16.5. The third-order valence-electron chi connectivity index (χ3n) is 5.62. The van der Waals surface area contributed by atoms with Gasteiger partial charge < -0.3 is 20.1 Å². The molecule has 1 heterocycles. The largest absolute Gasteiger partial charge is 0.462 e. The van der Waals surface area contributed by atoms with Crippen molar-refractivity contribution < 1.29 is 19.4 Å².